The lowest BCUT2D eigenvalue weighted by Crippen LogP contribution is -2.41. The largest absolute Gasteiger partial charge is 0.494 e. The molecule has 110 valence electrons. The molecule has 3 rings (SSSR count). The second-order valence-electron chi connectivity index (χ2n) is 6.35. The van der Waals surface area contributed by atoms with Gasteiger partial charge in [-0.3, -0.25) is 0 Å². The Morgan fingerprint density at radius 3 is 2.29 bits per heavy atom. The normalized spacial score (nSPS) is 20.0. The molecule has 0 unspecified atom stereocenters. The second-order valence-corrected chi connectivity index (χ2v) is 6.35. The first-order chi connectivity index (χ1) is 9.78. The van der Waals surface area contributed by atoms with Gasteiger partial charge in [-0.15, -0.1) is 0 Å². The minimum absolute atomic E-state index is 0.351. The van der Waals surface area contributed by atoms with Crippen LogP contribution < -0.4 is 5.46 Å². The van der Waals surface area contributed by atoms with Crippen molar-refractivity contribution < 1.29 is 13.8 Å². The number of nitrogens with zero attached hydrogens (tertiary/aromatic N) is 2. The number of hydrogen-bond donors (Lipinski definition) is 0. The van der Waals surface area contributed by atoms with Crippen molar-refractivity contribution in [3.63, 3.8) is 0 Å². The lowest BCUT2D eigenvalue weighted by Gasteiger charge is -2.32. The fourth-order valence-electron chi connectivity index (χ4n) is 2.22. The van der Waals surface area contributed by atoms with E-state index in [4.69, 9.17) is 13.8 Å². The van der Waals surface area contributed by atoms with Crippen molar-refractivity contribution in [1.29, 1.82) is 0 Å². The minimum atomic E-state index is -0.386. The molecule has 2 heterocycles. The Morgan fingerprint density at radius 1 is 1.05 bits per heavy atom. The van der Waals surface area contributed by atoms with Gasteiger partial charge in [0.1, 0.15) is 0 Å². The van der Waals surface area contributed by atoms with E-state index in [1.807, 2.05) is 52.0 Å². The number of rotatable bonds is 2. The molecular weight excluding hydrogens is 267 g/mol. The van der Waals surface area contributed by atoms with Gasteiger partial charge in [-0.25, -0.2) is 0 Å². The van der Waals surface area contributed by atoms with E-state index in [1.54, 1.807) is 6.92 Å². The zero-order chi connectivity index (χ0) is 15.3. The van der Waals surface area contributed by atoms with E-state index in [2.05, 4.69) is 10.1 Å². The lowest BCUT2D eigenvalue weighted by molar-refractivity contribution is 0.00578. The Hall–Kier alpha value is -1.66. The molecule has 1 aliphatic heterocycles. The molecule has 21 heavy (non-hydrogen) atoms. The van der Waals surface area contributed by atoms with E-state index in [-0.39, 0.29) is 18.3 Å². The molecule has 0 saturated carbocycles. The molecule has 0 radical (unpaired) electrons. The van der Waals surface area contributed by atoms with Gasteiger partial charge >= 0.3 is 7.12 Å². The van der Waals surface area contributed by atoms with Gasteiger partial charge in [0, 0.05) is 12.5 Å². The van der Waals surface area contributed by atoms with Crippen LogP contribution in [0.3, 0.4) is 0 Å². The van der Waals surface area contributed by atoms with Gasteiger partial charge in [-0.05, 0) is 33.2 Å². The molecule has 1 fully saturated rings. The molecule has 0 N–H and O–H groups in total. The van der Waals surface area contributed by atoms with Crippen molar-refractivity contribution in [2.24, 2.45) is 0 Å². The van der Waals surface area contributed by atoms with Gasteiger partial charge < -0.3 is 13.8 Å². The zero-order valence-electron chi connectivity index (χ0n) is 13.0. The fraction of sp³-hybridized carbons (Fsp3) is 0.467. The summed E-state index contributed by atoms with van der Waals surface area (Å²) in [5.74, 6) is 1.12. The quantitative estimate of drug-likeness (QED) is 0.793. The highest BCUT2D eigenvalue weighted by atomic mass is 16.7. The van der Waals surface area contributed by atoms with E-state index < -0.39 is 0 Å². The molecule has 1 aliphatic rings. The second kappa shape index (κ2) is 4.68. The first kappa shape index (κ1) is 14.3. The molecule has 0 amide bonds. The minimum Gasteiger partial charge on any atom is -0.399 e. The number of aryl methyl sites for hydroxylation is 1. The van der Waals surface area contributed by atoms with Gasteiger partial charge in [0.15, 0.2) is 0 Å². The highest BCUT2D eigenvalue weighted by Gasteiger charge is 2.51. The van der Waals surface area contributed by atoms with E-state index in [9.17, 15) is 0 Å². The van der Waals surface area contributed by atoms with Crippen LogP contribution in [-0.4, -0.2) is 28.5 Å². The van der Waals surface area contributed by atoms with Crippen LogP contribution in [0.2, 0.25) is 0 Å². The maximum absolute atomic E-state index is 6.06. The summed E-state index contributed by atoms with van der Waals surface area (Å²) in [6, 6.07) is 7.85. The van der Waals surface area contributed by atoms with Crippen molar-refractivity contribution in [1.82, 2.24) is 10.1 Å². The predicted molar refractivity (Wildman–Crippen MR) is 80.2 cm³/mol. The first-order valence-corrected chi connectivity index (χ1v) is 7.05. The van der Waals surface area contributed by atoms with Gasteiger partial charge in [-0.2, -0.15) is 4.98 Å². The third-order valence-electron chi connectivity index (χ3n) is 4.20. The molecule has 2 aromatic rings. The van der Waals surface area contributed by atoms with Gasteiger partial charge in [0.2, 0.25) is 11.7 Å². The topological polar surface area (TPSA) is 57.4 Å². The Balaban J connectivity index is 1.91. The molecule has 1 aromatic heterocycles. The molecular formula is C15H19BN2O3. The summed E-state index contributed by atoms with van der Waals surface area (Å²) in [6.07, 6.45) is 0. The standard InChI is InChI=1S/C15H19BN2O3/c1-10-17-13(18-19-10)11-7-6-8-12(9-11)16-20-14(2,3)15(4,5)21-16/h6-9H,1-5H3. The van der Waals surface area contributed by atoms with Crippen LogP contribution in [0.1, 0.15) is 33.6 Å². The van der Waals surface area contributed by atoms with Crippen LogP contribution in [0.5, 0.6) is 0 Å². The molecule has 1 aromatic carbocycles. The fourth-order valence-corrected chi connectivity index (χ4v) is 2.22. The van der Waals surface area contributed by atoms with Crippen molar-refractivity contribution in [2.45, 2.75) is 45.8 Å². The third-order valence-corrected chi connectivity index (χ3v) is 4.20. The molecule has 0 aliphatic carbocycles. The Bertz CT molecular complexity index is 650. The third kappa shape index (κ3) is 2.49. The van der Waals surface area contributed by atoms with Crippen LogP contribution in [0, 0.1) is 6.92 Å². The number of hydrogen-bond acceptors (Lipinski definition) is 5. The summed E-state index contributed by atoms with van der Waals surface area (Å²) in [7, 11) is -0.386. The molecule has 0 bridgehead atoms. The molecule has 6 heteroatoms. The Kier molecular flexibility index (Phi) is 3.18. The lowest BCUT2D eigenvalue weighted by atomic mass is 9.78. The maximum atomic E-state index is 6.06. The molecule has 5 nitrogen and oxygen atoms in total. The highest BCUT2D eigenvalue weighted by molar-refractivity contribution is 6.62. The molecule has 0 spiro atoms. The maximum Gasteiger partial charge on any atom is 0.494 e. The number of benzene rings is 1. The zero-order valence-corrected chi connectivity index (χ0v) is 13.0. The van der Waals surface area contributed by atoms with Crippen molar-refractivity contribution in [3.8, 4) is 11.4 Å². The summed E-state index contributed by atoms with van der Waals surface area (Å²) in [6.45, 7) is 9.94. The predicted octanol–water partition coefficient (Wildman–Crippen LogP) is 2.34. The Labute approximate surface area is 124 Å². The van der Waals surface area contributed by atoms with Crippen LogP contribution in [0.25, 0.3) is 11.4 Å². The monoisotopic (exact) mass is 286 g/mol. The van der Waals surface area contributed by atoms with E-state index in [0.29, 0.717) is 11.7 Å². The highest BCUT2D eigenvalue weighted by Crippen LogP contribution is 2.36. The van der Waals surface area contributed by atoms with Crippen molar-refractivity contribution >= 4 is 12.6 Å². The van der Waals surface area contributed by atoms with Gasteiger partial charge in [0.05, 0.1) is 11.2 Å². The van der Waals surface area contributed by atoms with Gasteiger partial charge in [-0.1, -0.05) is 29.4 Å². The average molecular weight is 286 g/mol. The van der Waals surface area contributed by atoms with Crippen molar-refractivity contribution in [3.05, 3.63) is 30.2 Å². The van der Waals surface area contributed by atoms with Crippen LogP contribution in [0.15, 0.2) is 28.8 Å². The SMILES string of the molecule is Cc1nc(-c2cccc(B3OC(C)(C)C(C)(C)O3)c2)no1. The van der Waals surface area contributed by atoms with E-state index in [1.165, 1.54) is 0 Å². The van der Waals surface area contributed by atoms with E-state index in [0.717, 1.165) is 11.0 Å². The summed E-state index contributed by atoms with van der Waals surface area (Å²) in [4.78, 5) is 4.25. The summed E-state index contributed by atoms with van der Waals surface area (Å²) in [5.41, 5.74) is 1.14. The Morgan fingerprint density at radius 2 is 1.71 bits per heavy atom. The number of aromatic nitrogens is 2. The molecule has 1 saturated heterocycles. The van der Waals surface area contributed by atoms with Crippen LogP contribution in [0.4, 0.5) is 0 Å². The summed E-state index contributed by atoms with van der Waals surface area (Å²) >= 11 is 0. The smallest absolute Gasteiger partial charge is 0.399 e. The first-order valence-electron chi connectivity index (χ1n) is 7.05. The van der Waals surface area contributed by atoms with Crippen molar-refractivity contribution in [2.75, 3.05) is 0 Å². The van der Waals surface area contributed by atoms with Crippen LogP contribution >= 0.6 is 0 Å². The average Bonchev–Trinajstić information content (AvgIpc) is 2.92. The van der Waals surface area contributed by atoms with Gasteiger partial charge in [0.25, 0.3) is 0 Å². The summed E-state index contributed by atoms with van der Waals surface area (Å²) < 4.78 is 17.1. The molecule has 0 atom stereocenters. The van der Waals surface area contributed by atoms with Crippen LogP contribution in [-0.2, 0) is 9.31 Å². The van der Waals surface area contributed by atoms with E-state index >= 15 is 0 Å². The summed E-state index contributed by atoms with van der Waals surface area (Å²) in [5, 5.41) is 3.94.